The van der Waals surface area contributed by atoms with E-state index in [0.29, 0.717) is 17.9 Å². The Morgan fingerprint density at radius 3 is 2.26 bits per heavy atom. The van der Waals surface area contributed by atoms with Gasteiger partial charge in [-0.25, -0.2) is 19.2 Å². The summed E-state index contributed by atoms with van der Waals surface area (Å²) < 4.78 is 18.6. The van der Waals surface area contributed by atoms with Crippen molar-refractivity contribution in [2.75, 3.05) is 20.2 Å². The molecular weight excluding hydrogens is 621 g/mol. The Morgan fingerprint density at radius 1 is 0.979 bits per heavy atom. The molecule has 2 N–H and O–H groups in total. The molecule has 12 heteroatoms. The molecule has 256 valence electrons. The van der Waals surface area contributed by atoms with Crippen molar-refractivity contribution < 1.29 is 18.7 Å². The quantitative estimate of drug-likeness (QED) is 0.0584. The number of nitrogens with zero attached hydrogens (tertiary/aromatic N) is 3. The predicted molar refractivity (Wildman–Crippen MR) is 182 cm³/mol. The molecule has 0 saturated carbocycles. The molecule has 2 heterocycles. The molecule has 0 fully saturated rings. The number of esters is 1. The number of likely N-dealkylation sites (N-methyl/N-ethyl adjacent to an activating group) is 1. The SMILES string of the molecule is CCCCCCCCCCCCN(C)C(=O)Cc1nc(SCc2ccc(F)cc2)[nH]c(=O)c1C(CC(=O)OCC)c1cnc(=O)[nH]c1. The molecule has 0 bridgehead atoms. The summed E-state index contributed by atoms with van der Waals surface area (Å²) in [6, 6.07) is 6.03. The molecule has 0 aliphatic carbocycles. The van der Waals surface area contributed by atoms with Crippen molar-refractivity contribution >= 4 is 23.6 Å². The number of unbranched alkanes of at least 4 members (excludes halogenated alkanes) is 9. The van der Waals surface area contributed by atoms with Gasteiger partial charge in [-0.05, 0) is 36.6 Å². The molecule has 1 atom stereocenters. The molecule has 10 nitrogen and oxygen atoms in total. The first-order chi connectivity index (χ1) is 22.7. The lowest BCUT2D eigenvalue weighted by Gasteiger charge is -2.21. The molecule has 1 aromatic carbocycles. The zero-order valence-electron chi connectivity index (χ0n) is 27.8. The van der Waals surface area contributed by atoms with Gasteiger partial charge in [-0.2, -0.15) is 0 Å². The zero-order valence-corrected chi connectivity index (χ0v) is 28.6. The summed E-state index contributed by atoms with van der Waals surface area (Å²) in [5, 5.41) is 0.290. The minimum absolute atomic E-state index is 0.138. The van der Waals surface area contributed by atoms with Gasteiger partial charge in [0, 0.05) is 43.2 Å². The highest BCUT2D eigenvalue weighted by atomic mass is 32.2. The second-order valence-electron chi connectivity index (χ2n) is 11.7. The van der Waals surface area contributed by atoms with Crippen LogP contribution in [0.5, 0.6) is 0 Å². The van der Waals surface area contributed by atoms with Gasteiger partial charge in [0.2, 0.25) is 5.91 Å². The van der Waals surface area contributed by atoms with E-state index >= 15 is 0 Å². The Balaban J connectivity index is 1.79. The van der Waals surface area contributed by atoms with Crippen molar-refractivity contribution in [3.8, 4) is 0 Å². The second-order valence-corrected chi connectivity index (χ2v) is 12.7. The lowest BCUT2D eigenvalue weighted by molar-refractivity contribution is -0.143. The van der Waals surface area contributed by atoms with Crippen molar-refractivity contribution in [2.45, 2.75) is 108 Å². The minimum atomic E-state index is -0.874. The smallest absolute Gasteiger partial charge is 0.344 e. The number of rotatable bonds is 21. The average Bonchev–Trinajstić information content (AvgIpc) is 3.05. The monoisotopic (exact) mass is 669 g/mol. The van der Waals surface area contributed by atoms with Crippen LogP contribution in [0.15, 0.2) is 51.4 Å². The van der Waals surface area contributed by atoms with Crippen LogP contribution in [0.3, 0.4) is 0 Å². The van der Waals surface area contributed by atoms with Crippen LogP contribution < -0.4 is 11.2 Å². The van der Waals surface area contributed by atoms with Gasteiger partial charge in [0.1, 0.15) is 5.82 Å². The van der Waals surface area contributed by atoms with Gasteiger partial charge >= 0.3 is 11.7 Å². The first-order valence-electron chi connectivity index (χ1n) is 16.7. The van der Waals surface area contributed by atoms with Crippen LogP contribution in [0, 0.1) is 5.82 Å². The Bertz CT molecular complexity index is 1510. The van der Waals surface area contributed by atoms with Gasteiger partial charge in [-0.1, -0.05) is 88.6 Å². The van der Waals surface area contributed by atoms with E-state index in [2.05, 4.69) is 21.9 Å². The standard InChI is InChI=1S/C35H48FN5O5S/c1-4-6-7-8-9-10-11-12-13-14-19-41(3)30(42)21-29-32(28(20-31(43)46-5-2)26-22-37-34(45)38-23-26)33(44)40-35(39-29)47-24-25-15-17-27(36)18-16-25/h15-18,22-23,28H,4-14,19-21,24H2,1-3H3,(H,37,38,45)(H,39,40,44). The molecule has 1 unspecified atom stereocenters. The lowest BCUT2D eigenvalue weighted by atomic mass is 9.89. The molecule has 0 aliphatic rings. The molecule has 0 radical (unpaired) electrons. The van der Waals surface area contributed by atoms with Gasteiger partial charge in [0.15, 0.2) is 5.16 Å². The number of benzene rings is 1. The van der Waals surface area contributed by atoms with Crippen molar-refractivity contribution in [2.24, 2.45) is 0 Å². The van der Waals surface area contributed by atoms with E-state index in [1.54, 1.807) is 31.0 Å². The molecule has 1 amide bonds. The fourth-order valence-electron chi connectivity index (χ4n) is 5.36. The summed E-state index contributed by atoms with van der Waals surface area (Å²) in [4.78, 5) is 67.1. The van der Waals surface area contributed by atoms with Crippen LogP contribution in [0.4, 0.5) is 4.39 Å². The second kappa shape index (κ2) is 20.4. The van der Waals surface area contributed by atoms with Crippen molar-refractivity contribution in [3.05, 3.63) is 85.7 Å². The Morgan fingerprint density at radius 2 is 1.64 bits per heavy atom. The lowest BCUT2D eigenvalue weighted by Crippen LogP contribution is -2.32. The number of aromatic nitrogens is 4. The van der Waals surface area contributed by atoms with E-state index in [9.17, 15) is 23.6 Å². The summed E-state index contributed by atoms with van der Waals surface area (Å²) in [7, 11) is 1.75. The van der Waals surface area contributed by atoms with Crippen LogP contribution in [0.1, 0.15) is 113 Å². The number of ether oxygens (including phenoxy) is 1. The van der Waals surface area contributed by atoms with Crippen LogP contribution in [-0.4, -0.2) is 56.9 Å². The van der Waals surface area contributed by atoms with Gasteiger partial charge in [-0.3, -0.25) is 14.4 Å². The van der Waals surface area contributed by atoms with E-state index in [0.717, 1.165) is 24.8 Å². The van der Waals surface area contributed by atoms with E-state index in [1.807, 2.05) is 0 Å². The molecule has 0 saturated heterocycles. The largest absolute Gasteiger partial charge is 0.466 e. The summed E-state index contributed by atoms with van der Waals surface area (Å²) in [5.74, 6) is -1.56. The number of carbonyl (C=O) groups excluding carboxylic acids is 2. The number of hydrogen-bond acceptors (Lipinski definition) is 8. The Labute approximate surface area is 280 Å². The normalized spacial score (nSPS) is 11.7. The molecular formula is C35H48FN5O5S. The minimum Gasteiger partial charge on any atom is -0.466 e. The number of amides is 1. The molecule has 47 heavy (non-hydrogen) atoms. The van der Waals surface area contributed by atoms with E-state index in [1.165, 1.54) is 81.2 Å². The highest BCUT2D eigenvalue weighted by Crippen LogP contribution is 2.29. The Kier molecular flexibility index (Phi) is 16.4. The van der Waals surface area contributed by atoms with Crippen LogP contribution >= 0.6 is 11.8 Å². The number of carbonyl (C=O) groups is 2. The van der Waals surface area contributed by atoms with Gasteiger partial charge in [-0.15, -0.1) is 0 Å². The van der Waals surface area contributed by atoms with Crippen LogP contribution in [-0.2, 0) is 26.5 Å². The topological polar surface area (TPSA) is 138 Å². The van der Waals surface area contributed by atoms with E-state index < -0.39 is 23.1 Å². The molecule has 2 aromatic heterocycles. The maximum absolute atomic E-state index is 13.7. The number of halogens is 1. The third-order valence-electron chi connectivity index (χ3n) is 8.01. The average molecular weight is 670 g/mol. The third-order valence-corrected chi connectivity index (χ3v) is 8.96. The fourth-order valence-corrected chi connectivity index (χ4v) is 6.19. The summed E-state index contributed by atoms with van der Waals surface area (Å²) in [5.41, 5.74) is 0.518. The van der Waals surface area contributed by atoms with Gasteiger partial charge in [0.05, 0.1) is 25.1 Å². The van der Waals surface area contributed by atoms with Crippen LogP contribution in [0.25, 0.3) is 0 Å². The predicted octanol–water partition coefficient (Wildman–Crippen LogP) is 6.29. The molecule has 3 rings (SSSR count). The fraction of sp³-hybridized carbons (Fsp3) is 0.543. The summed E-state index contributed by atoms with van der Waals surface area (Å²) in [6.45, 7) is 4.64. The van der Waals surface area contributed by atoms with Gasteiger partial charge < -0.3 is 19.6 Å². The third kappa shape index (κ3) is 13.1. The highest BCUT2D eigenvalue weighted by molar-refractivity contribution is 7.98. The van der Waals surface area contributed by atoms with Crippen molar-refractivity contribution in [1.29, 1.82) is 0 Å². The number of thioether (sulfide) groups is 1. The highest BCUT2D eigenvalue weighted by Gasteiger charge is 2.28. The molecule has 0 spiro atoms. The molecule has 3 aromatic rings. The number of hydrogen-bond donors (Lipinski definition) is 2. The zero-order chi connectivity index (χ0) is 34.0. The number of aromatic amines is 2. The maximum Gasteiger partial charge on any atom is 0.344 e. The number of H-pyrrole nitrogens is 2. The molecule has 0 aliphatic heterocycles. The van der Waals surface area contributed by atoms with Crippen LogP contribution in [0.2, 0.25) is 0 Å². The van der Waals surface area contributed by atoms with E-state index in [-0.39, 0.29) is 47.6 Å². The summed E-state index contributed by atoms with van der Waals surface area (Å²) >= 11 is 1.25. The first kappa shape index (κ1) is 37.7. The van der Waals surface area contributed by atoms with Crippen molar-refractivity contribution in [3.63, 3.8) is 0 Å². The van der Waals surface area contributed by atoms with Gasteiger partial charge in [0.25, 0.3) is 5.56 Å². The summed E-state index contributed by atoms with van der Waals surface area (Å²) in [6.07, 6.45) is 14.3. The maximum atomic E-state index is 13.7. The van der Waals surface area contributed by atoms with Crippen molar-refractivity contribution in [1.82, 2.24) is 24.8 Å². The number of nitrogens with one attached hydrogen (secondary N) is 2. The Hall–Kier alpha value is -3.80. The van der Waals surface area contributed by atoms with E-state index in [4.69, 9.17) is 9.72 Å². The first-order valence-corrected chi connectivity index (χ1v) is 17.6.